The number of nitrogens with one attached hydrogen (secondary N) is 1. The standard InChI is InChI=1S/C51H101NO5/c1-3-5-7-9-11-13-15-17-19-21-22-23-24-25-26-27-29-31-33-35-37-39-41-43-45-49(55)51(57)52-47(46-53)50(56)48(54)44-42-40-38-36-34-32-30-28-20-18-16-14-12-10-8-6-4-2/h25-26,47-50,53-56H,3-24,27-46H2,1-2H3,(H,52,57)/b26-25-. The lowest BCUT2D eigenvalue weighted by Gasteiger charge is -2.27. The summed E-state index contributed by atoms with van der Waals surface area (Å²) in [4.78, 5) is 12.6. The van der Waals surface area contributed by atoms with E-state index < -0.39 is 36.9 Å². The molecule has 0 saturated heterocycles. The molecule has 57 heavy (non-hydrogen) atoms. The molecule has 4 atom stereocenters. The van der Waals surface area contributed by atoms with Crippen LogP contribution in [0.15, 0.2) is 12.2 Å². The zero-order valence-corrected chi connectivity index (χ0v) is 38.4. The molecule has 0 aliphatic heterocycles. The van der Waals surface area contributed by atoms with E-state index in [9.17, 15) is 25.2 Å². The topological polar surface area (TPSA) is 110 Å². The molecule has 0 aromatic heterocycles. The number of aliphatic hydroxyl groups excluding tert-OH is 4. The van der Waals surface area contributed by atoms with Gasteiger partial charge in [0.1, 0.15) is 12.2 Å². The lowest BCUT2D eigenvalue weighted by Crippen LogP contribution is -2.53. The zero-order chi connectivity index (χ0) is 41.7. The highest BCUT2D eigenvalue weighted by atomic mass is 16.3. The molecule has 0 spiro atoms. The number of aliphatic hydroxyl groups is 4. The molecule has 0 heterocycles. The Bertz CT molecular complexity index is 821. The molecule has 0 radical (unpaired) electrons. The van der Waals surface area contributed by atoms with Crippen LogP contribution < -0.4 is 5.32 Å². The molecule has 5 N–H and O–H groups in total. The molecule has 0 saturated carbocycles. The van der Waals surface area contributed by atoms with Gasteiger partial charge >= 0.3 is 0 Å². The van der Waals surface area contributed by atoms with Crippen molar-refractivity contribution >= 4 is 5.91 Å². The maximum atomic E-state index is 12.6. The van der Waals surface area contributed by atoms with E-state index in [1.165, 1.54) is 212 Å². The number of hydrogen-bond acceptors (Lipinski definition) is 5. The van der Waals surface area contributed by atoms with Gasteiger partial charge in [0.2, 0.25) is 5.91 Å². The number of carbonyl (C=O) groups is 1. The Morgan fingerprint density at radius 1 is 0.421 bits per heavy atom. The van der Waals surface area contributed by atoms with Crippen LogP contribution in [0.1, 0.15) is 277 Å². The van der Waals surface area contributed by atoms with Crippen LogP contribution in [0.4, 0.5) is 0 Å². The normalized spacial score (nSPS) is 14.0. The summed E-state index contributed by atoms with van der Waals surface area (Å²) in [5, 5.41) is 43.9. The van der Waals surface area contributed by atoms with Crippen LogP contribution in [-0.4, -0.2) is 57.3 Å². The quantitative estimate of drug-likeness (QED) is 0.0311. The Kier molecular flexibility index (Phi) is 45.4. The molecule has 340 valence electrons. The predicted molar refractivity (Wildman–Crippen MR) is 247 cm³/mol. The maximum Gasteiger partial charge on any atom is 0.249 e. The van der Waals surface area contributed by atoms with Crippen molar-refractivity contribution in [3.8, 4) is 0 Å². The molecule has 0 fully saturated rings. The second kappa shape index (κ2) is 46.1. The van der Waals surface area contributed by atoms with Gasteiger partial charge in [0, 0.05) is 0 Å². The van der Waals surface area contributed by atoms with Gasteiger partial charge in [-0.2, -0.15) is 0 Å². The minimum Gasteiger partial charge on any atom is -0.394 e. The number of carbonyl (C=O) groups excluding carboxylic acids is 1. The average molecular weight is 808 g/mol. The molecular formula is C51H101NO5. The van der Waals surface area contributed by atoms with E-state index in [4.69, 9.17) is 0 Å². The molecule has 0 aliphatic rings. The van der Waals surface area contributed by atoms with Crippen molar-refractivity contribution in [3.05, 3.63) is 12.2 Å². The fourth-order valence-electron chi connectivity index (χ4n) is 8.17. The zero-order valence-electron chi connectivity index (χ0n) is 38.4. The fraction of sp³-hybridized carbons (Fsp3) is 0.941. The molecule has 0 aliphatic carbocycles. The molecule has 4 unspecified atom stereocenters. The minimum atomic E-state index is -1.26. The third-order valence-corrected chi connectivity index (χ3v) is 12.2. The molecular weight excluding hydrogens is 707 g/mol. The highest BCUT2D eigenvalue weighted by Crippen LogP contribution is 2.17. The van der Waals surface area contributed by atoms with Crippen molar-refractivity contribution < 1.29 is 25.2 Å². The summed E-state index contributed by atoms with van der Waals surface area (Å²) >= 11 is 0. The van der Waals surface area contributed by atoms with Gasteiger partial charge in [0.15, 0.2) is 0 Å². The summed E-state index contributed by atoms with van der Waals surface area (Å²) < 4.78 is 0. The predicted octanol–water partition coefficient (Wildman–Crippen LogP) is 14.1. The average Bonchev–Trinajstić information content (AvgIpc) is 3.22. The van der Waals surface area contributed by atoms with E-state index in [-0.39, 0.29) is 0 Å². The second-order valence-corrected chi connectivity index (χ2v) is 17.9. The first-order chi connectivity index (χ1) is 28.0. The van der Waals surface area contributed by atoms with Gasteiger partial charge < -0.3 is 25.7 Å². The lowest BCUT2D eigenvalue weighted by molar-refractivity contribution is -0.132. The second-order valence-electron chi connectivity index (χ2n) is 17.9. The van der Waals surface area contributed by atoms with Crippen LogP contribution in [0.2, 0.25) is 0 Å². The van der Waals surface area contributed by atoms with Crippen molar-refractivity contribution in [1.29, 1.82) is 0 Å². The van der Waals surface area contributed by atoms with Gasteiger partial charge in [-0.15, -0.1) is 0 Å². The molecule has 0 bridgehead atoms. The Balaban J connectivity index is 3.65. The smallest absolute Gasteiger partial charge is 0.249 e. The van der Waals surface area contributed by atoms with Gasteiger partial charge in [-0.25, -0.2) is 0 Å². The lowest BCUT2D eigenvalue weighted by atomic mass is 9.99. The summed E-state index contributed by atoms with van der Waals surface area (Å²) in [7, 11) is 0. The van der Waals surface area contributed by atoms with Crippen LogP contribution in [0.3, 0.4) is 0 Å². The monoisotopic (exact) mass is 808 g/mol. The maximum absolute atomic E-state index is 12.6. The summed E-state index contributed by atoms with van der Waals surface area (Å²) in [5.74, 6) is -0.582. The van der Waals surface area contributed by atoms with Gasteiger partial charge in [-0.3, -0.25) is 4.79 Å². The van der Waals surface area contributed by atoms with Gasteiger partial charge in [-0.05, 0) is 38.5 Å². The van der Waals surface area contributed by atoms with Crippen LogP contribution >= 0.6 is 0 Å². The van der Waals surface area contributed by atoms with Gasteiger partial charge in [0.25, 0.3) is 0 Å². The van der Waals surface area contributed by atoms with Crippen molar-refractivity contribution in [2.75, 3.05) is 6.61 Å². The van der Waals surface area contributed by atoms with E-state index in [1.807, 2.05) is 0 Å². The number of allylic oxidation sites excluding steroid dienone is 2. The van der Waals surface area contributed by atoms with Crippen molar-refractivity contribution in [3.63, 3.8) is 0 Å². The largest absolute Gasteiger partial charge is 0.394 e. The number of unbranched alkanes of at least 4 members (excludes halogenated alkanes) is 36. The molecule has 0 rings (SSSR count). The fourth-order valence-corrected chi connectivity index (χ4v) is 8.17. The van der Waals surface area contributed by atoms with Crippen LogP contribution in [0, 0.1) is 0 Å². The first kappa shape index (κ1) is 56.0. The summed E-state index contributed by atoms with van der Waals surface area (Å²) in [5.41, 5.74) is 0. The van der Waals surface area contributed by atoms with E-state index in [0.29, 0.717) is 12.8 Å². The van der Waals surface area contributed by atoms with E-state index in [1.54, 1.807) is 0 Å². The minimum absolute atomic E-state index is 0.369. The highest BCUT2D eigenvalue weighted by Gasteiger charge is 2.28. The highest BCUT2D eigenvalue weighted by molar-refractivity contribution is 5.80. The number of amides is 1. The Morgan fingerprint density at radius 2 is 0.702 bits per heavy atom. The van der Waals surface area contributed by atoms with Crippen LogP contribution in [0.5, 0.6) is 0 Å². The molecule has 6 heteroatoms. The van der Waals surface area contributed by atoms with E-state index in [2.05, 4.69) is 31.3 Å². The van der Waals surface area contributed by atoms with Crippen molar-refractivity contribution in [1.82, 2.24) is 5.32 Å². The third kappa shape index (κ3) is 40.2. The Labute approximate surface area is 355 Å². The Morgan fingerprint density at radius 3 is 1.02 bits per heavy atom. The molecule has 1 amide bonds. The third-order valence-electron chi connectivity index (χ3n) is 12.2. The van der Waals surface area contributed by atoms with E-state index >= 15 is 0 Å². The van der Waals surface area contributed by atoms with Gasteiger partial charge in [0.05, 0.1) is 18.8 Å². The van der Waals surface area contributed by atoms with Gasteiger partial charge in [-0.1, -0.05) is 251 Å². The first-order valence-corrected chi connectivity index (χ1v) is 25.6. The summed E-state index contributed by atoms with van der Waals surface area (Å²) in [6, 6.07) is -0.984. The van der Waals surface area contributed by atoms with E-state index in [0.717, 1.165) is 38.5 Å². The molecule has 0 aromatic carbocycles. The SMILES string of the molecule is CCCCCCCCCCCCCC/C=C\CCCCCCCCCCC(O)C(=O)NC(CO)C(O)C(O)CCCCCCCCCCCCCCCCCCC. The summed E-state index contributed by atoms with van der Waals surface area (Å²) in [6.07, 6.45) is 52.6. The van der Waals surface area contributed by atoms with Crippen molar-refractivity contribution in [2.45, 2.75) is 301 Å². The Hall–Kier alpha value is -0.950. The summed E-state index contributed by atoms with van der Waals surface area (Å²) in [6.45, 7) is 4.08. The van der Waals surface area contributed by atoms with Crippen LogP contribution in [-0.2, 0) is 4.79 Å². The number of rotatable bonds is 47. The van der Waals surface area contributed by atoms with Crippen molar-refractivity contribution in [2.24, 2.45) is 0 Å². The first-order valence-electron chi connectivity index (χ1n) is 25.6. The number of hydrogen-bond donors (Lipinski definition) is 5. The molecule has 0 aromatic rings. The van der Waals surface area contributed by atoms with Crippen LogP contribution in [0.25, 0.3) is 0 Å². The molecule has 6 nitrogen and oxygen atoms in total.